The Morgan fingerprint density at radius 2 is 1.25 bits per heavy atom. The maximum atomic E-state index is 10.1. The van der Waals surface area contributed by atoms with Crippen LogP contribution < -0.4 is 75.8 Å². The fraction of sp³-hybridized carbons (Fsp3) is 0.143. The first kappa shape index (κ1) is 43.6. The summed E-state index contributed by atoms with van der Waals surface area (Å²) in [4.78, 5) is 38.9. The summed E-state index contributed by atoms with van der Waals surface area (Å²) in [6, 6.07) is 5.03. The van der Waals surface area contributed by atoms with Gasteiger partial charge in [-0.05, 0) is 20.2 Å². The second kappa shape index (κ2) is 28.7. The van der Waals surface area contributed by atoms with E-state index in [-0.39, 0.29) is 26.8 Å². The molecule has 36 heavy (non-hydrogen) atoms. The molecule has 3 heterocycles. The molecule has 206 valence electrons. The zero-order valence-electron chi connectivity index (χ0n) is 18.4. The summed E-state index contributed by atoms with van der Waals surface area (Å²) in [6.45, 7) is 0. The molecule has 0 aromatic carbocycles. The van der Waals surface area contributed by atoms with Crippen LogP contribution in [0.3, 0.4) is 0 Å². The topological polar surface area (TPSA) is 379 Å². The fourth-order valence-electron chi connectivity index (χ4n) is 0.933. The van der Waals surface area contributed by atoms with Crippen molar-refractivity contribution >= 4 is 5.95 Å². The average molecular weight is 743 g/mol. The van der Waals surface area contributed by atoms with Crippen molar-refractivity contribution in [2.75, 3.05) is 19.8 Å². The number of nitrogens with one attached hydrogen (secondary N) is 2. The number of aromatic amines is 2. The van der Waals surface area contributed by atoms with E-state index in [1.54, 1.807) is 30.6 Å². The van der Waals surface area contributed by atoms with E-state index in [1.165, 1.54) is 38.9 Å². The van der Waals surface area contributed by atoms with Gasteiger partial charge in [-0.1, -0.05) is 23.4 Å². The third-order valence-corrected chi connectivity index (χ3v) is 1.75. The molecule has 0 atom stereocenters. The van der Waals surface area contributed by atoms with Gasteiger partial charge in [0.15, 0.2) is 5.69 Å². The predicted molar refractivity (Wildman–Crippen MR) is 94.1 cm³/mol. The number of nitrogens with two attached hydrogens (primary N) is 3. The third kappa shape index (κ3) is 63.4. The first-order valence-electron chi connectivity index (χ1n) is 8.09. The van der Waals surface area contributed by atoms with Crippen LogP contribution in [-0.2, 0) is 21.1 Å². The van der Waals surface area contributed by atoms with Crippen molar-refractivity contribution in [1.82, 2.24) is 24.9 Å². The number of hydrogen-bond donors (Lipinski definition) is 4. The van der Waals surface area contributed by atoms with Crippen LogP contribution in [0.15, 0.2) is 65.0 Å². The predicted octanol–water partition coefficient (Wildman–Crippen LogP) is -11.7. The number of H-pyrrole nitrogens is 2. The van der Waals surface area contributed by atoms with Crippen LogP contribution in [0.1, 0.15) is 0 Å². The van der Waals surface area contributed by atoms with Gasteiger partial charge in [0.2, 0.25) is 0 Å². The maximum Gasteiger partial charge on any atom is 4.00 e. The standard InChI is InChI=1S/C4H5N3.2C4H4N2O.2CH5N.2ClHO4.Pt/c5-4-6-2-1-3-7-4;2*7-4-5-2-1-3-6-4;2*1-2;2*2-1(3,4)5;/h1-3H,(H2,5,6,7);2*1-3H,(H,5,6,7);2*2H2,1H3;2*(H,2,3,4,5);/q;;;;;;;+4/p-2. The molecule has 3 aromatic rings. The molecule has 3 aromatic heterocycles. The van der Waals surface area contributed by atoms with Gasteiger partial charge in [0.05, 0.1) is 6.20 Å². The summed E-state index contributed by atoms with van der Waals surface area (Å²) in [6.07, 6.45) is 9.16. The SMILES string of the molecule is CN.CN.Nc1nccc[nH+]1.O=c1nccc[n-]1.O=c1nccc[nH]1.[O-][Cl+3]([O-])([O-])[O-].[O-][Cl+3]([O-])([O-])[O-].[Pt+4]. The molecule has 19 nitrogen and oxygen atoms in total. The molecule has 0 aliphatic carbocycles. The van der Waals surface area contributed by atoms with Crippen LogP contribution in [0.4, 0.5) is 5.95 Å². The van der Waals surface area contributed by atoms with Crippen LogP contribution in [0.2, 0.25) is 0 Å². The van der Waals surface area contributed by atoms with E-state index in [9.17, 15) is 9.59 Å². The number of nitrogen functional groups attached to an aromatic ring is 1. The number of hydrogen-bond acceptors (Lipinski definition) is 16. The van der Waals surface area contributed by atoms with Crippen molar-refractivity contribution in [3.8, 4) is 0 Å². The van der Waals surface area contributed by atoms with Gasteiger partial charge in [0.1, 0.15) is 6.20 Å². The van der Waals surface area contributed by atoms with E-state index >= 15 is 0 Å². The van der Waals surface area contributed by atoms with E-state index < -0.39 is 26.2 Å². The molecular formula is C14H23Cl2N9O10Pt+2. The molecule has 0 aliphatic heterocycles. The van der Waals surface area contributed by atoms with Gasteiger partial charge in [0, 0.05) is 18.5 Å². The summed E-state index contributed by atoms with van der Waals surface area (Å²) in [5, 5.41) is 0. The van der Waals surface area contributed by atoms with Crippen LogP contribution in [0, 0.1) is 20.5 Å². The number of aromatic nitrogens is 6. The number of rotatable bonds is 0. The van der Waals surface area contributed by atoms with Crippen LogP contribution >= 0.6 is 0 Å². The van der Waals surface area contributed by atoms with E-state index in [0.29, 0.717) is 5.95 Å². The Morgan fingerprint density at radius 3 is 1.42 bits per heavy atom. The molecule has 0 amide bonds. The Balaban J connectivity index is -0.000000108. The molecule has 0 spiro atoms. The second-order valence-electron chi connectivity index (χ2n) is 4.04. The molecular weight excluding hydrogens is 720 g/mol. The minimum absolute atomic E-state index is 0. The number of nitrogens with zero attached hydrogens (tertiary/aromatic N) is 4. The summed E-state index contributed by atoms with van der Waals surface area (Å²) < 4.78 is 67.9. The second-order valence-corrected chi connectivity index (χ2v) is 5.55. The van der Waals surface area contributed by atoms with E-state index in [1.807, 2.05) is 0 Å². The normalized spacial score (nSPS) is 8.67. The number of anilines is 1. The van der Waals surface area contributed by atoms with Crippen molar-refractivity contribution in [3.63, 3.8) is 0 Å². The van der Waals surface area contributed by atoms with Gasteiger partial charge in [-0.15, -0.1) is 20.5 Å². The first-order valence-corrected chi connectivity index (χ1v) is 10.6. The van der Waals surface area contributed by atoms with E-state index in [4.69, 9.17) is 43.0 Å². The summed E-state index contributed by atoms with van der Waals surface area (Å²) >= 11 is 0. The molecule has 0 saturated carbocycles. The van der Waals surface area contributed by atoms with Crippen LogP contribution in [0.5, 0.6) is 0 Å². The molecule has 0 fully saturated rings. The summed E-state index contributed by atoms with van der Waals surface area (Å²) in [7, 11) is -6.89. The fourth-order valence-corrected chi connectivity index (χ4v) is 0.933. The van der Waals surface area contributed by atoms with Gasteiger partial charge >= 0.3 is 32.7 Å². The smallest absolute Gasteiger partial charge is 0.407 e. The zero-order valence-corrected chi connectivity index (χ0v) is 22.2. The molecule has 22 heteroatoms. The Bertz CT molecular complexity index is 827. The Kier molecular flexibility index (Phi) is 34.8. The Labute approximate surface area is 222 Å². The van der Waals surface area contributed by atoms with Gasteiger partial charge < -0.3 is 26.4 Å². The van der Waals surface area contributed by atoms with E-state index in [2.05, 4.69) is 41.4 Å². The molecule has 0 saturated heterocycles. The summed E-state index contributed by atoms with van der Waals surface area (Å²) in [5.41, 5.74) is 13.5. The minimum Gasteiger partial charge on any atom is -0.407 e. The quantitative estimate of drug-likeness (QED) is 0.166. The summed E-state index contributed by atoms with van der Waals surface area (Å²) in [5.74, 6) is 0.447. The Morgan fingerprint density at radius 1 is 0.806 bits per heavy atom. The monoisotopic (exact) mass is 742 g/mol. The molecule has 3 rings (SSSR count). The van der Waals surface area contributed by atoms with Crippen molar-refractivity contribution in [2.45, 2.75) is 0 Å². The van der Waals surface area contributed by atoms with Crippen molar-refractivity contribution in [1.29, 1.82) is 0 Å². The molecule has 0 unspecified atom stereocenters. The maximum absolute atomic E-state index is 10.1. The van der Waals surface area contributed by atoms with Crippen LogP contribution in [0.25, 0.3) is 0 Å². The van der Waals surface area contributed by atoms with Crippen molar-refractivity contribution < 1.29 is 83.8 Å². The Hall–Kier alpha value is -2.49. The average Bonchev–Trinajstić information content (AvgIpc) is 2.77. The third-order valence-electron chi connectivity index (χ3n) is 1.75. The minimum atomic E-state index is -4.94. The molecule has 8 N–H and O–H groups in total. The first-order chi connectivity index (χ1) is 16.2. The number of halogens is 2. The largest absolute Gasteiger partial charge is 4.00 e. The molecule has 0 aliphatic rings. The van der Waals surface area contributed by atoms with Gasteiger partial charge in [-0.25, -0.2) is 52.0 Å². The van der Waals surface area contributed by atoms with E-state index in [0.717, 1.165) is 0 Å². The molecule has 0 radical (unpaired) electrons. The van der Waals surface area contributed by atoms with Crippen molar-refractivity contribution in [2.24, 2.45) is 11.5 Å². The zero-order chi connectivity index (χ0) is 28.3. The van der Waals surface area contributed by atoms with Gasteiger partial charge in [-0.3, -0.25) is 10.5 Å². The molecule has 0 bridgehead atoms. The van der Waals surface area contributed by atoms with Gasteiger partial charge in [0.25, 0.3) is 0 Å². The van der Waals surface area contributed by atoms with Crippen molar-refractivity contribution in [3.05, 3.63) is 76.3 Å². The van der Waals surface area contributed by atoms with Crippen LogP contribution in [-0.4, -0.2) is 34.0 Å². The van der Waals surface area contributed by atoms with Gasteiger partial charge in [-0.2, -0.15) is 0 Å².